The zero-order valence-corrected chi connectivity index (χ0v) is 11.7. The van der Waals surface area contributed by atoms with E-state index in [-0.39, 0.29) is 6.04 Å². The fourth-order valence-corrected chi connectivity index (χ4v) is 2.14. The van der Waals surface area contributed by atoms with Crippen molar-refractivity contribution in [1.29, 1.82) is 0 Å². The summed E-state index contributed by atoms with van der Waals surface area (Å²) in [4.78, 5) is 10.9. The van der Waals surface area contributed by atoms with Gasteiger partial charge in [0.05, 0.1) is 7.11 Å². The van der Waals surface area contributed by atoms with Crippen LogP contribution in [0.3, 0.4) is 0 Å². The molecular formula is C10H22N2O4S. The van der Waals surface area contributed by atoms with E-state index in [1.165, 1.54) is 7.05 Å². The number of nitrogens with zero attached hydrogens (tertiary/aromatic N) is 1. The lowest BCUT2D eigenvalue weighted by Gasteiger charge is -2.20. The minimum Gasteiger partial charge on any atom is -0.468 e. The van der Waals surface area contributed by atoms with E-state index in [2.05, 4.69) is 4.74 Å². The maximum Gasteiger partial charge on any atom is 0.322 e. The molecule has 0 saturated heterocycles. The van der Waals surface area contributed by atoms with Crippen LogP contribution in [0.5, 0.6) is 0 Å². The minimum atomic E-state index is -3.59. The molecule has 0 rings (SSSR count). The average molecular weight is 266 g/mol. The van der Waals surface area contributed by atoms with Gasteiger partial charge in [-0.05, 0) is 12.3 Å². The Morgan fingerprint density at radius 1 is 1.41 bits per heavy atom. The predicted octanol–water partition coefficient (Wildman–Crippen LogP) is -0.206. The van der Waals surface area contributed by atoms with Crippen molar-refractivity contribution in [1.82, 2.24) is 4.31 Å². The summed E-state index contributed by atoms with van der Waals surface area (Å²) < 4.78 is 28.8. The first-order chi connectivity index (χ1) is 7.70. The average Bonchev–Trinajstić information content (AvgIpc) is 2.24. The number of hydrogen-bond acceptors (Lipinski definition) is 5. The second-order valence-electron chi connectivity index (χ2n) is 4.35. The third-order valence-electron chi connectivity index (χ3n) is 2.64. The maximum atomic E-state index is 11.7. The SMILES string of the molecule is COC(=O)CS(=O)(=O)N(C)CCC(N)C(C)C. The lowest BCUT2D eigenvalue weighted by atomic mass is 10.0. The molecule has 1 unspecified atom stereocenters. The molecule has 0 amide bonds. The zero-order valence-electron chi connectivity index (χ0n) is 10.8. The normalized spacial score (nSPS) is 14.1. The Bertz CT molecular complexity index is 340. The van der Waals surface area contributed by atoms with Crippen LogP contribution in [0.2, 0.25) is 0 Å². The molecule has 0 fully saturated rings. The number of ether oxygens (including phenoxy) is 1. The standard InChI is InChI=1S/C10H22N2O4S/c1-8(2)9(11)5-6-12(3)17(14,15)7-10(13)16-4/h8-9H,5-7,11H2,1-4H3. The first kappa shape index (κ1) is 16.3. The van der Waals surface area contributed by atoms with Gasteiger partial charge in [-0.3, -0.25) is 4.79 Å². The van der Waals surface area contributed by atoms with Gasteiger partial charge in [0.1, 0.15) is 0 Å². The summed E-state index contributed by atoms with van der Waals surface area (Å²) in [5.74, 6) is -1.09. The second-order valence-corrected chi connectivity index (χ2v) is 6.43. The van der Waals surface area contributed by atoms with Gasteiger partial charge in [0.2, 0.25) is 10.0 Å². The van der Waals surface area contributed by atoms with Crippen LogP contribution in [-0.2, 0) is 19.6 Å². The smallest absolute Gasteiger partial charge is 0.322 e. The van der Waals surface area contributed by atoms with E-state index in [0.717, 1.165) is 11.4 Å². The molecule has 6 nitrogen and oxygen atoms in total. The van der Waals surface area contributed by atoms with Crippen LogP contribution in [0.15, 0.2) is 0 Å². The number of esters is 1. The molecule has 0 saturated carbocycles. The molecule has 17 heavy (non-hydrogen) atoms. The molecule has 7 heteroatoms. The van der Waals surface area contributed by atoms with E-state index in [0.29, 0.717) is 18.9 Å². The van der Waals surface area contributed by atoms with E-state index < -0.39 is 21.7 Å². The number of rotatable bonds is 7. The van der Waals surface area contributed by atoms with Gasteiger partial charge in [0.15, 0.2) is 5.75 Å². The predicted molar refractivity (Wildman–Crippen MR) is 65.9 cm³/mol. The Hall–Kier alpha value is -0.660. The number of carbonyl (C=O) groups excluding carboxylic acids is 1. The first-order valence-electron chi connectivity index (χ1n) is 5.47. The van der Waals surface area contributed by atoms with Crippen LogP contribution in [0.4, 0.5) is 0 Å². The Morgan fingerprint density at radius 2 is 1.94 bits per heavy atom. The summed E-state index contributed by atoms with van der Waals surface area (Å²) in [6, 6.07) is -0.0502. The molecule has 2 N–H and O–H groups in total. The molecule has 0 aliphatic heterocycles. The molecule has 0 bridgehead atoms. The minimum absolute atomic E-state index is 0.0502. The Balaban J connectivity index is 4.30. The van der Waals surface area contributed by atoms with Gasteiger partial charge in [0, 0.05) is 19.6 Å². The summed E-state index contributed by atoms with van der Waals surface area (Å²) in [5, 5.41) is 0. The highest BCUT2D eigenvalue weighted by molar-refractivity contribution is 7.89. The van der Waals surface area contributed by atoms with E-state index >= 15 is 0 Å². The van der Waals surface area contributed by atoms with Gasteiger partial charge in [-0.15, -0.1) is 0 Å². The van der Waals surface area contributed by atoms with Crippen LogP contribution in [-0.4, -0.2) is 51.2 Å². The van der Waals surface area contributed by atoms with E-state index in [9.17, 15) is 13.2 Å². The van der Waals surface area contributed by atoms with Crippen LogP contribution in [0.25, 0.3) is 0 Å². The van der Waals surface area contributed by atoms with Gasteiger partial charge in [-0.25, -0.2) is 12.7 Å². The summed E-state index contributed by atoms with van der Waals surface area (Å²) in [5.41, 5.74) is 5.82. The van der Waals surface area contributed by atoms with E-state index in [1.807, 2.05) is 13.8 Å². The van der Waals surface area contributed by atoms with Crippen molar-refractivity contribution < 1.29 is 17.9 Å². The van der Waals surface area contributed by atoms with E-state index in [4.69, 9.17) is 5.73 Å². The number of sulfonamides is 1. The molecule has 0 aromatic rings. The molecule has 0 aromatic heterocycles. The summed E-state index contributed by atoms with van der Waals surface area (Å²) >= 11 is 0. The number of nitrogens with two attached hydrogens (primary N) is 1. The third kappa shape index (κ3) is 5.99. The molecule has 0 spiro atoms. The fourth-order valence-electron chi connectivity index (χ4n) is 1.12. The summed E-state index contributed by atoms with van der Waals surface area (Å²) in [6.07, 6.45) is 0.564. The monoisotopic (exact) mass is 266 g/mol. The molecule has 0 aliphatic rings. The lowest BCUT2D eigenvalue weighted by Crippen LogP contribution is -2.37. The quantitative estimate of drug-likeness (QED) is 0.644. The molecule has 0 aliphatic carbocycles. The number of carbonyl (C=O) groups is 1. The largest absolute Gasteiger partial charge is 0.468 e. The molecule has 0 aromatic carbocycles. The topological polar surface area (TPSA) is 89.7 Å². The van der Waals surface area contributed by atoms with Crippen LogP contribution < -0.4 is 5.73 Å². The summed E-state index contributed by atoms with van der Waals surface area (Å²) in [7, 11) is -0.995. The van der Waals surface area contributed by atoms with Crippen LogP contribution >= 0.6 is 0 Å². The Morgan fingerprint density at radius 3 is 2.35 bits per heavy atom. The number of hydrogen-bond donors (Lipinski definition) is 1. The second kappa shape index (κ2) is 6.93. The maximum absolute atomic E-state index is 11.7. The highest BCUT2D eigenvalue weighted by Crippen LogP contribution is 2.06. The molecular weight excluding hydrogens is 244 g/mol. The van der Waals surface area contributed by atoms with Crippen molar-refractivity contribution in [2.45, 2.75) is 26.3 Å². The van der Waals surface area contributed by atoms with Crippen molar-refractivity contribution in [3.63, 3.8) is 0 Å². The van der Waals surface area contributed by atoms with Crippen molar-refractivity contribution in [3.05, 3.63) is 0 Å². The molecule has 0 heterocycles. The lowest BCUT2D eigenvalue weighted by molar-refractivity contribution is -0.137. The van der Waals surface area contributed by atoms with E-state index in [1.54, 1.807) is 0 Å². The van der Waals surface area contributed by atoms with Gasteiger partial charge in [0.25, 0.3) is 0 Å². The molecule has 0 radical (unpaired) electrons. The first-order valence-corrected chi connectivity index (χ1v) is 7.08. The highest BCUT2D eigenvalue weighted by atomic mass is 32.2. The highest BCUT2D eigenvalue weighted by Gasteiger charge is 2.23. The van der Waals surface area contributed by atoms with Gasteiger partial charge < -0.3 is 10.5 Å². The van der Waals surface area contributed by atoms with Crippen molar-refractivity contribution in [2.75, 3.05) is 26.5 Å². The fraction of sp³-hybridized carbons (Fsp3) is 0.900. The van der Waals surface area contributed by atoms with Crippen LogP contribution in [0, 0.1) is 5.92 Å². The van der Waals surface area contributed by atoms with Gasteiger partial charge >= 0.3 is 5.97 Å². The van der Waals surface area contributed by atoms with Crippen molar-refractivity contribution in [3.8, 4) is 0 Å². The van der Waals surface area contributed by atoms with Crippen LogP contribution in [0.1, 0.15) is 20.3 Å². The summed E-state index contributed by atoms with van der Waals surface area (Å²) in [6.45, 7) is 4.26. The molecule has 102 valence electrons. The molecule has 1 atom stereocenters. The number of methoxy groups -OCH3 is 1. The van der Waals surface area contributed by atoms with Gasteiger partial charge in [-0.1, -0.05) is 13.8 Å². The zero-order chi connectivity index (χ0) is 13.6. The Kier molecular flexibility index (Phi) is 6.66. The van der Waals surface area contributed by atoms with Crippen molar-refractivity contribution in [2.24, 2.45) is 11.7 Å². The Labute approximate surface area is 103 Å². The van der Waals surface area contributed by atoms with Gasteiger partial charge in [-0.2, -0.15) is 0 Å². The third-order valence-corrected chi connectivity index (χ3v) is 4.37. The van der Waals surface area contributed by atoms with Crippen molar-refractivity contribution >= 4 is 16.0 Å².